The van der Waals surface area contributed by atoms with Crippen molar-refractivity contribution in [2.24, 2.45) is 28.1 Å². The lowest BCUT2D eigenvalue weighted by Crippen LogP contribution is -2.48. The van der Waals surface area contributed by atoms with Gasteiger partial charge in [-0.05, 0) is 79.9 Å². The SMILES string of the molecule is C=C[C@]1(C)CCC2C3C(=CCC21C)[C@@]1(C)CCC(=O)C=C1CC3c1ccc(C)o1. The van der Waals surface area contributed by atoms with Gasteiger partial charge in [0.2, 0.25) is 0 Å². The van der Waals surface area contributed by atoms with E-state index in [2.05, 4.69) is 51.6 Å². The summed E-state index contributed by atoms with van der Waals surface area (Å²) in [6, 6.07) is 4.27. The first-order valence-electron chi connectivity index (χ1n) is 11.4. The van der Waals surface area contributed by atoms with Crippen LogP contribution >= 0.6 is 0 Å². The fourth-order valence-electron chi connectivity index (χ4n) is 7.41. The van der Waals surface area contributed by atoms with E-state index in [1.807, 2.05) is 13.0 Å². The first kappa shape index (κ1) is 19.2. The van der Waals surface area contributed by atoms with Crippen molar-refractivity contribution in [1.29, 1.82) is 0 Å². The van der Waals surface area contributed by atoms with E-state index < -0.39 is 0 Å². The zero-order valence-electron chi connectivity index (χ0n) is 18.4. The van der Waals surface area contributed by atoms with E-state index in [4.69, 9.17) is 4.42 Å². The van der Waals surface area contributed by atoms with Gasteiger partial charge in [-0.25, -0.2) is 0 Å². The van der Waals surface area contributed by atoms with E-state index in [1.54, 1.807) is 5.57 Å². The number of aryl methyl sites for hydroxylation is 1. The molecule has 1 heterocycles. The second kappa shape index (κ2) is 6.09. The summed E-state index contributed by atoms with van der Waals surface area (Å²) < 4.78 is 6.21. The number of carbonyl (C=O) groups excluding carboxylic acids is 1. The smallest absolute Gasteiger partial charge is 0.155 e. The summed E-state index contributed by atoms with van der Waals surface area (Å²) in [6.07, 6.45) is 13.0. The van der Waals surface area contributed by atoms with Gasteiger partial charge in [0.05, 0.1) is 0 Å². The van der Waals surface area contributed by atoms with Gasteiger partial charge in [0.15, 0.2) is 5.78 Å². The van der Waals surface area contributed by atoms with Crippen molar-refractivity contribution in [3.05, 3.63) is 59.6 Å². The number of hydrogen-bond donors (Lipinski definition) is 0. The van der Waals surface area contributed by atoms with E-state index in [9.17, 15) is 4.79 Å². The predicted molar refractivity (Wildman–Crippen MR) is 117 cm³/mol. The zero-order valence-corrected chi connectivity index (χ0v) is 18.4. The van der Waals surface area contributed by atoms with Crippen LogP contribution in [0.3, 0.4) is 0 Å². The maximum absolute atomic E-state index is 12.3. The number of furan rings is 1. The Kier molecular flexibility index (Phi) is 4.02. The zero-order chi connectivity index (χ0) is 20.6. The molecule has 0 radical (unpaired) electrons. The number of ketones is 1. The Morgan fingerprint density at radius 2 is 2.00 bits per heavy atom. The van der Waals surface area contributed by atoms with Crippen molar-refractivity contribution in [3.63, 3.8) is 0 Å². The molecule has 0 aliphatic heterocycles. The molecule has 0 amide bonds. The Morgan fingerprint density at radius 1 is 1.21 bits per heavy atom. The van der Waals surface area contributed by atoms with Crippen LogP contribution in [0.4, 0.5) is 0 Å². The summed E-state index contributed by atoms with van der Waals surface area (Å²) >= 11 is 0. The Morgan fingerprint density at radius 3 is 2.69 bits per heavy atom. The molecule has 6 atom stereocenters. The minimum absolute atomic E-state index is 0.0468. The van der Waals surface area contributed by atoms with E-state index >= 15 is 0 Å². The number of allylic oxidation sites excluding steroid dienone is 5. The van der Waals surface area contributed by atoms with Crippen molar-refractivity contribution >= 4 is 5.78 Å². The highest BCUT2D eigenvalue weighted by Crippen LogP contribution is 2.70. The molecule has 4 aliphatic carbocycles. The highest BCUT2D eigenvalue weighted by atomic mass is 16.3. The van der Waals surface area contributed by atoms with Crippen LogP contribution in [0.5, 0.6) is 0 Å². The Bertz CT molecular complexity index is 945. The summed E-state index contributed by atoms with van der Waals surface area (Å²) in [5.41, 5.74) is 3.40. The average Bonchev–Trinajstić information content (AvgIpc) is 3.23. The van der Waals surface area contributed by atoms with Gasteiger partial charge in [-0.15, -0.1) is 6.58 Å². The van der Waals surface area contributed by atoms with Crippen LogP contribution < -0.4 is 0 Å². The summed E-state index contributed by atoms with van der Waals surface area (Å²) in [5.74, 6) is 3.85. The highest BCUT2D eigenvalue weighted by molar-refractivity contribution is 5.92. The van der Waals surface area contributed by atoms with Crippen molar-refractivity contribution in [1.82, 2.24) is 0 Å². The molecule has 4 unspecified atom stereocenters. The van der Waals surface area contributed by atoms with Crippen LogP contribution in [0, 0.1) is 35.0 Å². The van der Waals surface area contributed by atoms with Gasteiger partial charge in [-0.3, -0.25) is 4.79 Å². The number of rotatable bonds is 2. The Labute approximate surface area is 175 Å². The first-order chi connectivity index (χ1) is 13.7. The Balaban J connectivity index is 1.69. The normalized spacial score (nSPS) is 43.7. The maximum Gasteiger partial charge on any atom is 0.155 e. The molecule has 2 fully saturated rings. The molecule has 2 heteroatoms. The van der Waals surface area contributed by atoms with E-state index in [0.717, 1.165) is 30.8 Å². The van der Waals surface area contributed by atoms with Crippen LogP contribution in [0.1, 0.15) is 76.7 Å². The van der Waals surface area contributed by atoms with Crippen molar-refractivity contribution in [2.45, 2.75) is 72.1 Å². The third-order valence-electron chi connectivity index (χ3n) is 9.64. The lowest BCUT2D eigenvalue weighted by molar-refractivity contribution is -0.115. The first-order valence-corrected chi connectivity index (χ1v) is 11.4. The van der Waals surface area contributed by atoms with Crippen molar-refractivity contribution < 1.29 is 9.21 Å². The molecule has 0 bridgehead atoms. The maximum atomic E-state index is 12.3. The van der Waals surface area contributed by atoms with Crippen LogP contribution in [0.25, 0.3) is 0 Å². The van der Waals surface area contributed by atoms with E-state index in [0.29, 0.717) is 30.0 Å². The summed E-state index contributed by atoms with van der Waals surface area (Å²) in [7, 11) is 0. The van der Waals surface area contributed by atoms with Crippen LogP contribution in [-0.4, -0.2) is 5.78 Å². The monoisotopic (exact) mass is 390 g/mol. The number of fused-ring (bicyclic) bond motifs is 5. The van der Waals surface area contributed by atoms with Gasteiger partial charge in [0.1, 0.15) is 11.5 Å². The quantitative estimate of drug-likeness (QED) is 0.513. The molecule has 1 aromatic rings. The number of hydrogen-bond acceptors (Lipinski definition) is 2. The molecule has 0 aromatic carbocycles. The predicted octanol–water partition coefficient (Wildman–Crippen LogP) is 6.93. The molecular formula is C27H34O2. The van der Waals surface area contributed by atoms with E-state index in [-0.39, 0.29) is 16.2 Å². The average molecular weight is 391 g/mol. The van der Waals surface area contributed by atoms with E-state index in [1.165, 1.54) is 18.4 Å². The van der Waals surface area contributed by atoms with Crippen molar-refractivity contribution in [3.8, 4) is 0 Å². The summed E-state index contributed by atoms with van der Waals surface area (Å²) in [6.45, 7) is 13.6. The standard InChI is InChI=1S/C27H34O2/c1-6-25(3)12-10-22-24-20(23-8-7-17(2)29-23)16-18-15-19(28)9-13-26(18,4)21(24)11-14-27(22,25)5/h6-8,11,15,20,22,24H,1,9-10,12-14,16H2,2-5H3/t20?,22?,24?,25-,26+,27?/m1/s1. The molecule has 4 aliphatic rings. The van der Waals surface area contributed by atoms with Gasteiger partial charge in [0, 0.05) is 17.8 Å². The Hall–Kier alpha value is -1.83. The molecule has 0 saturated heterocycles. The van der Waals surface area contributed by atoms with Crippen LogP contribution in [-0.2, 0) is 4.79 Å². The highest BCUT2D eigenvalue weighted by Gasteiger charge is 2.61. The third kappa shape index (κ3) is 2.44. The molecule has 2 nitrogen and oxygen atoms in total. The molecule has 1 aromatic heterocycles. The molecule has 2 saturated carbocycles. The summed E-state index contributed by atoms with van der Waals surface area (Å²) in [4.78, 5) is 12.3. The molecular weight excluding hydrogens is 356 g/mol. The van der Waals surface area contributed by atoms with Crippen LogP contribution in [0.2, 0.25) is 0 Å². The molecule has 154 valence electrons. The second-order valence-corrected chi connectivity index (χ2v) is 10.8. The van der Waals surface area contributed by atoms with Gasteiger partial charge in [-0.2, -0.15) is 0 Å². The third-order valence-corrected chi connectivity index (χ3v) is 9.64. The number of carbonyl (C=O) groups is 1. The lowest BCUT2D eigenvalue weighted by Gasteiger charge is -2.57. The lowest BCUT2D eigenvalue weighted by atomic mass is 9.47. The van der Waals surface area contributed by atoms with Gasteiger partial charge in [0.25, 0.3) is 0 Å². The fourth-order valence-corrected chi connectivity index (χ4v) is 7.41. The van der Waals surface area contributed by atoms with Crippen LogP contribution in [0.15, 0.2) is 52.5 Å². The van der Waals surface area contributed by atoms with Crippen molar-refractivity contribution in [2.75, 3.05) is 0 Å². The summed E-state index contributed by atoms with van der Waals surface area (Å²) in [5, 5.41) is 0. The minimum atomic E-state index is 0.0468. The minimum Gasteiger partial charge on any atom is -0.466 e. The topological polar surface area (TPSA) is 30.2 Å². The molecule has 5 rings (SSSR count). The molecule has 0 N–H and O–H groups in total. The largest absolute Gasteiger partial charge is 0.466 e. The molecule has 0 spiro atoms. The van der Waals surface area contributed by atoms with Gasteiger partial charge < -0.3 is 4.42 Å². The van der Waals surface area contributed by atoms with Gasteiger partial charge >= 0.3 is 0 Å². The second-order valence-electron chi connectivity index (χ2n) is 10.8. The fraction of sp³-hybridized carbons (Fsp3) is 0.593. The van der Waals surface area contributed by atoms with Gasteiger partial charge in [-0.1, -0.05) is 44.1 Å². The molecule has 29 heavy (non-hydrogen) atoms.